The Morgan fingerprint density at radius 2 is 1.88 bits per heavy atom. The first-order valence-electron chi connectivity index (χ1n) is 3.79. The van der Waals surface area contributed by atoms with Crippen LogP contribution in [0.4, 0.5) is 23.2 Å². The minimum Gasteiger partial charge on any atom is -0.258 e. The van der Waals surface area contributed by atoms with Gasteiger partial charge >= 0.3 is 12.2 Å². The number of hydrogen-bond donors (Lipinski definition) is 0. The van der Waals surface area contributed by atoms with E-state index in [4.69, 9.17) is 0 Å². The average molecular weight is 237 g/mol. The zero-order chi connectivity index (χ0) is 12.5. The monoisotopic (exact) mass is 237 g/mol. The van der Waals surface area contributed by atoms with E-state index >= 15 is 0 Å². The Bertz CT molecular complexity index is 455. The Kier molecular flexibility index (Phi) is 2.92. The summed E-state index contributed by atoms with van der Waals surface area (Å²) < 4.78 is 48.9. The lowest BCUT2D eigenvalue weighted by Crippen LogP contribution is -2.09. The third kappa shape index (κ3) is 2.33. The molecule has 1 rings (SSSR count). The SMILES string of the molecule is O=C(F)c1ccc(C(F)(F)F)c([N+](=O)[O-])c1. The molecule has 0 aliphatic rings. The maximum atomic E-state index is 12.3. The third-order valence-corrected chi connectivity index (χ3v) is 1.73. The predicted molar refractivity (Wildman–Crippen MR) is 43.5 cm³/mol. The van der Waals surface area contributed by atoms with Gasteiger partial charge in [0.1, 0.15) is 5.56 Å². The van der Waals surface area contributed by atoms with Gasteiger partial charge in [-0.25, -0.2) is 0 Å². The van der Waals surface area contributed by atoms with Crippen LogP contribution in [-0.2, 0) is 6.18 Å². The number of nitro benzene ring substituents is 1. The topological polar surface area (TPSA) is 60.2 Å². The number of halogens is 4. The van der Waals surface area contributed by atoms with Crippen LogP contribution in [0.1, 0.15) is 15.9 Å². The quantitative estimate of drug-likeness (QED) is 0.344. The van der Waals surface area contributed by atoms with E-state index in [2.05, 4.69) is 0 Å². The van der Waals surface area contributed by atoms with Gasteiger partial charge < -0.3 is 0 Å². The maximum absolute atomic E-state index is 12.3. The molecule has 0 N–H and O–H groups in total. The van der Waals surface area contributed by atoms with Crippen molar-refractivity contribution in [3.8, 4) is 0 Å². The normalized spacial score (nSPS) is 11.2. The van der Waals surface area contributed by atoms with Crippen LogP contribution < -0.4 is 0 Å². The van der Waals surface area contributed by atoms with E-state index in [1.165, 1.54) is 0 Å². The van der Waals surface area contributed by atoms with E-state index in [1.54, 1.807) is 0 Å². The van der Waals surface area contributed by atoms with Crippen LogP contribution in [0, 0.1) is 10.1 Å². The Morgan fingerprint density at radius 1 is 1.31 bits per heavy atom. The molecule has 8 heteroatoms. The number of benzene rings is 1. The van der Waals surface area contributed by atoms with Gasteiger partial charge in [0.05, 0.1) is 10.5 Å². The first-order valence-corrected chi connectivity index (χ1v) is 3.79. The summed E-state index contributed by atoms with van der Waals surface area (Å²) in [4.78, 5) is 19.2. The lowest BCUT2D eigenvalue weighted by Gasteiger charge is -2.07. The average Bonchev–Trinajstić information content (AvgIpc) is 2.15. The number of hydrogen-bond acceptors (Lipinski definition) is 3. The summed E-state index contributed by atoms with van der Waals surface area (Å²) in [6.07, 6.45) is -4.93. The zero-order valence-electron chi connectivity index (χ0n) is 7.42. The van der Waals surface area contributed by atoms with Crippen LogP contribution in [0.3, 0.4) is 0 Å². The van der Waals surface area contributed by atoms with Crippen LogP contribution in [0.25, 0.3) is 0 Å². The van der Waals surface area contributed by atoms with E-state index in [9.17, 15) is 32.5 Å². The molecular formula is C8H3F4NO3. The molecular weight excluding hydrogens is 234 g/mol. The lowest BCUT2D eigenvalue weighted by molar-refractivity contribution is -0.388. The molecule has 86 valence electrons. The highest BCUT2D eigenvalue weighted by Crippen LogP contribution is 2.36. The van der Waals surface area contributed by atoms with Gasteiger partial charge in [-0.1, -0.05) is 0 Å². The number of nitro groups is 1. The van der Waals surface area contributed by atoms with Crippen molar-refractivity contribution < 1.29 is 27.3 Å². The predicted octanol–water partition coefficient (Wildman–Crippen LogP) is 2.72. The van der Waals surface area contributed by atoms with Gasteiger partial charge in [-0.3, -0.25) is 14.9 Å². The molecule has 0 bridgehead atoms. The molecule has 0 radical (unpaired) electrons. The summed E-state index contributed by atoms with van der Waals surface area (Å²) in [6.45, 7) is 0. The highest BCUT2D eigenvalue weighted by molar-refractivity contribution is 5.89. The fraction of sp³-hybridized carbons (Fsp3) is 0.125. The first kappa shape index (κ1) is 12.1. The van der Waals surface area contributed by atoms with Gasteiger partial charge in [-0.05, 0) is 12.1 Å². The summed E-state index contributed by atoms with van der Waals surface area (Å²) in [5.41, 5.74) is -3.67. The molecule has 16 heavy (non-hydrogen) atoms. The third-order valence-electron chi connectivity index (χ3n) is 1.73. The smallest absolute Gasteiger partial charge is 0.258 e. The van der Waals surface area contributed by atoms with Gasteiger partial charge in [-0.15, -0.1) is 0 Å². The van der Waals surface area contributed by atoms with Crippen molar-refractivity contribution >= 4 is 11.7 Å². The molecule has 0 spiro atoms. The molecule has 0 unspecified atom stereocenters. The zero-order valence-corrected chi connectivity index (χ0v) is 7.42. The molecule has 0 saturated heterocycles. The molecule has 0 atom stereocenters. The fourth-order valence-corrected chi connectivity index (χ4v) is 1.04. The number of carbonyl (C=O) groups is 1. The maximum Gasteiger partial charge on any atom is 0.422 e. The summed E-state index contributed by atoms with van der Waals surface area (Å²) >= 11 is 0. The molecule has 4 nitrogen and oxygen atoms in total. The number of nitrogens with zero attached hydrogens (tertiary/aromatic N) is 1. The van der Waals surface area contributed by atoms with Crippen LogP contribution >= 0.6 is 0 Å². The molecule has 0 aliphatic carbocycles. The Morgan fingerprint density at radius 3 is 2.25 bits per heavy atom. The highest BCUT2D eigenvalue weighted by Gasteiger charge is 2.38. The fourth-order valence-electron chi connectivity index (χ4n) is 1.04. The van der Waals surface area contributed by atoms with Crippen molar-refractivity contribution in [2.75, 3.05) is 0 Å². The Balaban J connectivity index is 3.43. The van der Waals surface area contributed by atoms with E-state index in [0.29, 0.717) is 12.1 Å². The molecule has 1 aromatic carbocycles. The number of carbonyl (C=O) groups excluding carboxylic acids is 1. The molecule has 0 saturated carbocycles. The summed E-state index contributed by atoms with van der Waals surface area (Å²) in [7, 11) is 0. The largest absolute Gasteiger partial charge is 0.422 e. The van der Waals surface area contributed by atoms with Crippen molar-refractivity contribution in [3.63, 3.8) is 0 Å². The number of rotatable bonds is 2. The van der Waals surface area contributed by atoms with Crippen LogP contribution in [0.15, 0.2) is 18.2 Å². The number of alkyl halides is 3. The van der Waals surface area contributed by atoms with Gasteiger partial charge in [0.25, 0.3) is 5.69 Å². The standard InChI is InChI=1S/C8H3F4NO3/c9-7(14)4-1-2-5(8(10,11)12)6(3-4)13(15)16/h1-3H. The van der Waals surface area contributed by atoms with Gasteiger partial charge in [0, 0.05) is 6.07 Å². The molecule has 0 heterocycles. The van der Waals surface area contributed by atoms with E-state index < -0.39 is 34.0 Å². The molecule has 1 aromatic rings. The minimum atomic E-state index is -4.93. The second-order valence-electron chi connectivity index (χ2n) is 2.76. The van der Waals surface area contributed by atoms with Crippen molar-refractivity contribution in [2.45, 2.75) is 6.18 Å². The van der Waals surface area contributed by atoms with Crippen molar-refractivity contribution in [1.82, 2.24) is 0 Å². The van der Waals surface area contributed by atoms with E-state index in [1.807, 2.05) is 0 Å². The first-order chi connectivity index (χ1) is 7.23. The lowest BCUT2D eigenvalue weighted by atomic mass is 10.1. The minimum absolute atomic E-state index is 0.255. The van der Waals surface area contributed by atoms with Crippen molar-refractivity contribution in [2.24, 2.45) is 0 Å². The van der Waals surface area contributed by atoms with Crippen molar-refractivity contribution in [3.05, 3.63) is 39.4 Å². The van der Waals surface area contributed by atoms with E-state index in [0.717, 1.165) is 0 Å². The second-order valence-corrected chi connectivity index (χ2v) is 2.76. The van der Waals surface area contributed by atoms with Gasteiger partial charge in [0.15, 0.2) is 0 Å². The van der Waals surface area contributed by atoms with Crippen LogP contribution in [0.2, 0.25) is 0 Å². The van der Waals surface area contributed by atoms with E-state index in [-0.39, 0.29) is 6.07 Å². The summed E-state index contributed by atoms with van der Waals surface area (Å²) in [5, 5.41) is 10.3. The highest BCUT2D eigenvalue weighted by atomic mass is 19.4. The molecule has 0 aromatic heterocycles. The van der Waals surface area contributed by atoms with Gasteiger partial charge in [-0.2, -0.15) is 17.6 Å². The van der Waals surface area contributed by atoms with Crippen molar-refractivity contribution in [1.29, 1.82) is 0 Å². The molecule has 0 amide bonds. The second kappa shape index (κ2) is 3.87. The molecule has 0 fully saturated rings. The van der Waals surface area contributed by atoms with Crippen LogP contribution in [-0.4, -0.2) is 11.0 Å². The Labute approximate surface area is 85.6 Å². The Hall–Kier alpha value is -1.99. The van der Waals surface area contributed by atoms with Crippen LogP contribution in [0.5, 0.6) is 0 Å². The molecule has 0 aliphatic heterocycles. The van der Waals surface area contributed by atoms with Gasteiger partial charge in [0.2, 0.25) is 0 Å². The summed E-state index contributed by atoms with van der Waals surface area (Å²) in [5.74, 6) is 0. The summed E-state index contributed by atoms with van der Waals surface area (Å²) in [6, 6.07) is -0.939.